The zero-order chi connectivity index (χ0) is 16.5. The maximum absolute atomic E-state index is 5.58. The Morgan fingerprint density at radius 2 is 1.61 bits per heavy atom. The maximum Gasteiger partial charge on any atom is 0.120 e. The lowest BCUT2D eigenvalue weighted by atomic mass is 9.87. The molecular weight excluding hydrogens is 286 g/mol. The molecule has 2 aromatic carbocycles. The van der Waals surface area contributed by atoms with Crippen LogP contribution >= 0.6 is 0 Å². The summed E-state index contributed by atoms with van der Waals surface area (Å²) in [5.74, 6) is 0.884. The number of ether oxygens (including phenoxy) is 1. The Labute approximate surface area is 138 Å². The van der Waals surface area contributed by atoms with Gasteiger partial charge >= 0.3 is 0 Å². The normalized spacial score (nSPS) is 11.6. The first-order valence-corrected chi connectivity index (χ1v) is 7.99. The van der Waals surface area contributed by atoms with E-state index in [1.54, 1.807) is 6.21 Å². The van der Waals surface area contributed by atoms with E-state index in [4.69, 9.17) is 9.57 Å². The first-order chi connectivity index (χ1) is 11.1. The van der Waals surface area contributed by atoms with Crippen molar-refractivity contribution in [1.82, 2.24) is 0 Å². The van der Waals surface area contributed by atoms with E-state index in [-0.39, 0.29) is 5.41 Å². The van der Waals surface area contributed by atoms with E-state index in [1.165, 1.54) is 5.56 Å². The van der Waals surface area contributed by atoms with Crippen molar-refractivity contribution in [2.45, 2.75) is 32.6 Å². The van der Waals surface area contributed by atoms with Gasteiger partial charge in [-0.25, -0.2) is 0 Å². The molecule has 0 saturated carbocycles. The number of hydrogen-bond acceptors (Lipinski definition) is 3. The van der Waals surface area contributed by atoms with Gasteiger partial charge in [0.1, 0.15) is 12.4 Å². The van der Waals surface area contributed by atoms with Crippen LogP contribution in [0.3, 0.4) is 0 Å². The number of oxime groups is 1. The van der Waals surface area contributed by atoms with Crippen LogP contribution in [0.25, 0.3) is 0 Å². The molecule has 0 aliphatic rings. The Bertz CT molecular complexity index is 598. The van der Waals surface area contributed by atoms with Gasteiger partial charge in [-0.1, -0.05) is 68.4 Å². The van der Waals surface area contributed by atoms with Crippen LogP contribution in [-0.2, 0) is 10.3 Å². The molecule has 0 saturated heterocycles. The van der Waals surface area contributed by atoms with Crippen molar-refractivity contribution in [2.24, 2.45) is 5.16 Å². The number of hydrogen-bond donors (Lipinski definition) is 0. The van der Waals surface area contributed by atoms with E-state index in [9.17, 15) is 0 Å². The van der Waals surface area contributed by atoms with Crippen molar-refractivity contribution in [3.63, 3.8) is 0 Å². The summed E-state index contributed by atoms with van der Waals surface area (Å²) in [7, 11) is 0. The molecule has 3 nitrogen and oxygen atoms in total. The molecule has 0 atom stereocenters. The Morgan fingerprint density at radius 1 is 0.913 bits per heavy atom. The van der Waals surface area contributed by atoms with Crippen LogP contribution in [0.5, 0.6) is 5.75 Å². The van der Waals surface area contributed by atoms with E-state index in [0.29, 0.717) is 13.2 Å². The minimum absolute atomic E-state index is 0.172. The molecule has 0 aromatic heterocycles. The lowest BCUT2D eigenvalue weighted by Crippen LogP contribution is -2.10. The highest BCUT2D eigenvalue weighted by Crippen LogP contribution is 2.21. The molecule has 3 heteroatoms. The SMILES string of the molecule is CC(C)(C)c1ccc(C=NOCCCOc2ccccc2)cc1. The van der Waals surface area contributed by atoms with E-state index in [0.717, 1.165) is 17.7 Å². The predicted octanol–water partition coefficient (Wildman–Crippen LogP) is 4.80. The van der Waals surface area contributed by atoms with Crippen molar-refractivity contribution in [3.8, 4) is 5.75 Å². The number of rotatable bonds is 7. The Kier molecular flexibility index (Phi) is 6.21. The summed E-state index contributed by atoms with van der Waals surface area (Å²) in [4.78, 5) is 5.26. The Balaban J connectivity index is 1.65. The van der Waals surface area contributed by atoms with Crippen molar-refractivity contribution >= 4 is 6.21 Å². The third-order valence-corrected chi connectivity index (χ3v) is 3.44. The average Bonchev–Trinajstić information content (AvgIpc) is 2.54. The van der Waals surface area contributed by atoms with E-state index < -0.39 is 0 Å². The lowest BCUT2D eigenvalue weighted by molar-refractivity contribution is 0.129. The molecule has 2 aromatic rings. The molecular formula is C20H25NO2. The number of para-hydroxylation sites is 1. The second kappa shape index (κ2) is 8.37. The van der Waals surface area contributed by atoms with Crippen molar-refractivity contribution in [3.05, 3.63) is 65.7 Å². The molecule has 0 heterocycles. The minimum atomic E-state index is 0.172. The largest absolute Gasteiger partial charge is 0.493 e. The minimum Gasteiger partial charge on any atom is -0.493 e. The third-order valence-electron chi connectivity index (χ3n) is 3.44. The molecule has 0 amide bonds. The Hall–Kier alpha value is -2.29. The standard InChI is InChI=1S/C20H25NO2/c1-20(2,3)18-12-10-17(11-13-18)16-21-23-15-7-14-22-19-8-5-4-6-9-19/h4-6,8-13,16H,7,14-15H2,1-3H3. The average molecular weight is 311 g/mol. The van der Waals surface area contributed by atoms with Crippen molar-refractivity contribution in [2.75, 3.05) is 13.2 Å². The quantitative estimate of drug-likeness (QED) is 0.417. The first kappa shape index (κ1) is 17.1. The summed E-state index contributed by atoms with van der Waals surface area (Å²) < 4.78 is 5.58. The molecule has 23 heavy (non-hydrogen) atoms. The summed E-state index contributed by atoms with van der Waals surface area (Å²) in [5, 5.41) is 4.00. The highest BCUT2D eigenvalue weighted by atomic mass is 16.6. The predicted molar refractivity (Wildman–Crippen MR) is 95.2 cm³/mol. The molecule has 2 rings (SSSR count). The number of benzene rings is 2. The zero-order valence-electron chi connectivity index (χ0n) is 14.2. The maximum atomic E-state index is 5.58. The van der Waals surface area contributed by atoms with E-state index in [1.807, 2.05) is 30.3 Å². The highest BCUT2D eigenvalue weighted by Gasteiger charge is 2.12. The summed E-state index contributed by atoms with van der Waals surface area (Å²) in [6.45, 7) is 7.79. The molecule has 0 spiro atoms. The van der Waals surface area contributed by atoms with Gasteiger partial charge in [-0.05, 0) is 28.7 Å². The van der Waals surface area contributed by atoms with Crippen LogP contribution in [0.4, 0.5) is 0 Å². The monoisotopic (exact) mass is 311 g/mol. The van der Waals surface area contributed by atoms with E-state index >= 15 is 0 Å². The Morgan fingerprint density at radius 3 is 2.26 bits per heavy atom. The fourth-order valence-corrected chi connectivity index (χ4v) is 2.05. The van der Waals surface area contributed by atoms with Crippen LogP contribution in [0, 0.1) is 0 Å². The van der Waals surface area contributed by atoms with Gasteiger partial charge in [-0.2, -0.15) is 0 Å². The fraction of sp³-hybridized carbons (Fsp3) is 0.350. The zero-order valence-corrected chi connectivity index (χ0v) is 14.2. The smallest absolute Gasteiger partial charge is 0.120 e. The summed E-state index contributed by atoms with van der Waals surface area (Å²) in [5.41, 5.74) is 2.53. The second-order valence-electron chi connectivity index (χ2n) is 6.45. The molecule has 0 aliphatic carbocycles. The van der Waals surface area contributed by atoms with E-state index in [2.05, 4.69) is 50.2 Å². The van der Waals surface area contributed by atoms with Gasteiger partial charge in [0.05, 0.1) is 12.8 Å². The number of nitrogens with zero attached hydrogens (tertiary/aromatic N) is 1. The summed E-state index contributed by atoms with van der Waals surface area (Å²) >= 11 is 0. The first-order valence-electron chi connectivity index (χ1n) is 7.99. The molecule has 0 aliphatic heterocycles. The van der Waals surface area contributed by atoms with Crippen molar-refractivity contribution < 1.29 is 9.57 Å². The van der Waals surface area contributed by atoms with Crippen molar-refractivity contribution in [1.29, 1.82) is 0 Å². The van der Waals surface area contributed by atoms with Crippen LogP contribution in [-0.4, -0.2) is 19.4 Å². The highest BCUT2D eigenvalue weighted by molar-refractivity contribution is 5.79. The van der Waals surface area contributed by atoms with Gasteiger partial charge in [0, 0.05) is 6.42 Å². The molecule has 0 fully saturated rings. The molecule has 0 radical (unpaired) electrons. The topological polar surface area (TPSA) is 30.8 Å². The molecule has 0 N–H and O–H groups in total. The summed E-state index contributed by atoms with van der Waals surface area (Å²) in [6.07, 6.45) is 2.54. The lowest BCUT2D eigenvalue weighted by Gasteiger charge is -2.18. The molecule has 0 unspecified atom stereocenters. The van der Waals surface area contributed by atoms with Gasteiger partial charge in [0.25, 0.3) is 0 Å². The van der Waals surface area contributed by atoms with Crippen LogP contribution in [0.2, 0.25) is 0 Å². The van der Waals surface area contributed by atoms with Gasteiger partial charge in [-0.15, -0.1) is 0 Å². The van der Waals surface area contributed by atoms with Gasteiger partial charge in [-0.3, -0.25) is 0 Å². The van der Waals surface area contributed by atoms with Gasteiger partial charge in [0.2, 0.25) is 0 Å². The fourth-order valence-electron chi connectivity index (χ4n) is 2.05. The summed E-state index contributed by atoms with van der Waals surface area (Å²) in [6, 6.07) is 18.2. The molecule has 0 bridgehead atoms. The van der Waals surface area contributed by atoms with Gasteiger partial charge in [0.15, 0.2) is 0 Å². The third kappa shape index (κ3) is 6.15. The van der Waals surface area contributed by atoms with Gasteiger partial charge < -0.3 is 9.57 Å². The molecule has 122 valence electrons. The second-order valence-corrected chi connectivity index (χ2v) is 6.45. The van der Waals surface area contributed by atoms with Crippen LogP contribution in [0.15, 0.2) is 59.8 Å². The van der Waals surface area contributed by atoms with Crippen LogP contribution in [0.1, 0.15) is 38.3 Å². The van der Waals surface area contributed by atoms with Crippen LogP contribution < -0.4 is 4.74 Å².